The van der Waals surface area contributed by atoms with Crippen molar-refractivity contribution in [3.8, 4) is 22.9 Å². The molecule has 0 saturated carbocycles. The number of aromatic nitrogens is 4. The number of hydrogen-bond donors (Lipinski definition) is 1. The predicted molar refractivity (Wildman–Crippen MR) is 73.2 cm³/mol. The van der Waals surface area contributed by atoms with Crippen molar-refractivity contribution in [1.82, 2.24) is 20.2 Å². The van der Waals surface area contributed by atoms with Crippen LogP contribution in [0.5, 0.6) is 11.5 Å². The lowest BCUT2D eigenvalue weighted by Crippen LogP contribution is -2.06. The van der Waals surface area contributed by atoms with E-state index in [4.69, 9.17) is 14.6 Å². The fraction of sp³-hybridized carbons (Fsp3) is 0.385. The number of nitrogens with zero attached hydrogens (tertiary/aromatic N) is 4. The van der Waals surface area contributed by atoms with Crippen LogP contribution in [0.1, 0.15) is 12.8 Å². The first-order valence-corrected chi connectivity index (χ1v) is 6.36. The Hall–Kier alpha value is -2.64. The Morgan fingerprint density at radius 2 is 1.95 bits per heavy atom. The third-order valence-corrected chi connectivity index (χ3v) is 2.94. The first-order chi connectivity index (χ1) is 10.2. The summed E-state index contributed by atoms with van der Waals surface area (Å²) in [7, 11) is 3.10. The molecule has 0 aliphatic carbocycles. The van der Waals surface area contributed by atoms with Crippen molar-refractivity contribution in [3.05, 3.63) is 18.2 Å². The Kier molecular flexibility index (Phi) is 4.70. The molecule has 0 unspecified atom stereocenters. The molecule has 0 aliphatic rings. The highest BCUT2D eigenvalue weighted by Gasteiger charge is 2.19. The smallest absolute Gasteiger partial charge is 0.303 e. The van der Waals surface area contributed by atoms with Crippen LogP contribution in [0.3, 0.4) is 0 Å². The van der Waals surface area contributed by atoms with Gasteiger partial charge in [-0.3, -0.25) is 4.79 Å². The maximum absolute atomic E-state index is 10.6. The summed E-state index contributed by atoms with van der Waals surface area (Å²) in [6.07, 6.45) is 0.493. The lowest BCUT2D eigenvalue weighted by atomic mass is 10.1. The molecule has 0 spiro atoms. The third kappa shape index (κ3) is 3.28. The van der Waals surface area contributed by atoms with E-state index in [1.807, 2.05) is 0 Å². The Morgan fingerprint density at radius 3 is 2.52 bits per heavy atom. The van der Waals surface area contributed by atoms with Crippen molar-refractivity contribution in [2.24, 2.45) is 0 Å². The summed E-state index contributed by atoms with van der Waals surface area (Å²) in [5, 5.41) is 20.2. The van der Waals surface area contributed by atoms with Gasteiger partial charge in [0.15, 0.2) is 5.82 Å². The van der Waals surface area contributed by atoms with E-state index >= 15 is 0 Å². The van der Waals surface area contributed by atoms with Gasteiger partial charge in [-0.15, -0.1) is 5.10 Å². The van der Waals surface area contributed by atoms with Gasteiger partial charge in [0.05, 0.1) is 14.2 Å². The van der Waals surface area contributed by atoms with Crippen molar-refractivity contribution in [2.75, 3.05) is 14.2 Å². The molecule has 1 aromatic carbocycles. The number of hydrogen-bond acceptors (Lipinski definition) is 6. The SMILES string of the molecule is COc1cccc(OC)c1-c1nnnn1CCCC(=O)O. The molecule has 1 heterocycles. The van der Waals surface area contributed by atoms with E-state index in [-0.39, 0.29) is 6.42 Å². The number of carboxylic acid groups (broad SMARTS) is 1. The van der Waals surface area contributed by atoms with Crippen LogP contribution in [-0.2, 0) is 11.3 Å². The summed E-state index contributed by atoms with van der Waals surface area (Å²) in [5.41, 5.74) is 0.642. The Bertz CT molecular complexity index is 604. The lowest BCUT2D eigenvalue weighted by Gasteiger charge is -2.12. The minimum atomic E-state index is -0.848. The zero-order chi connectivity index (χ0) is 15.2. The van der Waals surface area contributed by atoms with E-state index in [0.29, 0.717) is 35.9 Å². The summed E-state index contributed by atoms with van der Waals surface area (Å²) in [6, 6.07) is 5.38. The van der Waals surface area contributed by atoms with Gasteiger partial charge in [0.1, 0.15) is 17.1 Å². The molecule has 112 valence electrons. The van der Waals surface area contributed by atoms with Crippen LogP contribution in [0.4, 0.5) is 0 Å². The summed E-state index contributed by atoms with van der Waals surface area (Å²) in [6.45, 7) is 0.399. The average Bonchev–Trinajstić information content (AvgIpc) is 2.94. The van der Waals surface area contributed by atoms with E-state index in [1.54, 1.807) is 37.1 Å². The van der Waals surface area contributed by atoms with E-state index < -0.39 is 5.97 Å². The van der Waals surface area contributed by atoms with Gasteiger partial charge in [-0.05, 0) is 29.0 Å². The maximum atomic E-state index is 10.6. The number of benzene rings is 1. The third-order valence-electron chi connectivity index (χ3n) is 2.94. The zero-order valence-corrected chi connectivity index (χ0v) is 11.8. The molecule has 8 nitrogen and oxygen atoms in total. The maximum Gasteiger partial charge on any atom is 0.303 e. The topological polar surface area (TPSA) is 99.4 Å². The van der Waals surface area contributed by atoms with E-state index in [1.165, 1.54) is 0 Å². The monoisotopic (exact) mass is 292 g/mol. The minimum Gasteiger partial charge on any atom is -0.496 e. The highest BCUT2D eigenvalue weighted by Crippen LogP contribution is 2.36. The Morgan fingerprint density at radius 1 is 1.29 bits per heavy atom. The number of tetrazole rings is 1. The van der Waals surface area contributed by atoms with Crippen molar-refractivity contribution in [3.63, 3.8) is 0 Å². The molecule has 0 radical (unpaired) electrons. The van der Waals surface area contributed by atoms with Crippen LogP contribution >= 0.6 is 0 Å². The molecular weight excluding hydrogens is 276 g/mol. The van der Waals surface area contributed by atoms with E-state index in [0.717, 1.165) is 0 Å². The number of rotatable bonds is 7. The first-order valence-electron chi connectivity index (χ1n) is 6.36. The van der Waals surface area contributed by atoms with Crippen LogP contribution < -0.4 is 9.47 Å². The molecule has 1 N–H and O–H groups in total. The number of carbonyl (C=O) groups is 1. The van der Waals surface area contributed by atoms with Gasteiger partial charge in [-0.25, -0.2) is 4.68 Å². The summed E-state index contributed by atoms with van der Waals surface area (Å²) >= 11 is 0. The molecule has 0 amide bonds. The van der Waals surface area contributed by atoms with Crippen LogP contribution in [0, 0.1) is 0 Å². The molecule has 0 atom stereocenters. The van der Waals surface area contributed by atoms with Crippen LogP contribution in [-0.4, -0.2) is 45.5 Å². The fourth-order valence-corrected chi connectivity index (χ4v) is 1.99. The molecule has 21 heavy (non-hydrogen) atoms. The lowest BCUT2D eigenvalue weighted by molar-refractivity contribution is -0.137. The predicted octanol–water partition coefficient (Wildman–Crippen LogP) is 1.22. The molecule has 0 aliphatic heterocycles. The molecule has 1 aromatic heterocycles. The highest BCUT2D eigenvalue weighted by molar-refractivity contribution is 5.71. The number of carboxylic acids is 1. The van der Waals surface area contributed by atoms with Gasteiger partial charge in [0.25, 0.3) is 0 Å². The summed E-state index contributed by atoms with van der Waals surface area (Å²) < 4.78 is 12.2. The van der Waals surface area contributed by atoms with Crippen molar-refractivity contribution in [2.45, 2.75) is 19.4 Å². The number of aryl methyl sites for hydroxylation is 1. The van der Waals surface area contributed by atoms with Crippen molar-refractivity contribution >= 4 is 5.97 Å². The highest BCUT2D eigenvalue weighted by atomic mass is 16.5. The minimum absolute atomic E-state index is 0.0579. The molecule has 0 bridgehead atoms. The average molecular weight is 292 g/mol. The second-order valence-corrected chi connectivity index (χ2v) is 4.26. The Balaban J connectivity index is 2.34. The normalized spacial score (nSPS) is 10.4. The molecule has 8 heteroatoms. The van der Waals surface area contributed by atoms with Gasteiger partial charge < -0.3 is 14.6 Å². The van der Waals surface area contributed by atoms with Gasteiger partial charge in [-0.2, -0.15) is 0 Å². The first kappa shape index (κ1) is 14.8. The van der Waals surface area contributed by atoms with Gasteiger partial charge in [0, 0.05) is 13.0 Å². The number of methoxy groups -OCH3 is 2. The van der Waals surface area contributed by atoms with Gasteiger partial charge in [0.2, 0.25) is 0 Å². The second-order valence-electron chi connectivity index (χ2n) is 4.26. The van der Waals surface area contributed by atoms with E-state index in [2.05, 4.69) is 15.5 Å². The van der Waals surface area contributed by atoms with E-state index in [9.17, 15) is 4.79 Å². The van der Waals surface area contributed by atoms with Crippen LogP contribution in [0.2, 0.25) is 0 Å². The molecule has 0 fully saturated rings. The van der Waals surface area contributed by atoms with Crippen LogP contribution in [0.25, 0.3) is 11.4 Å². The molecule has 2 rings (SSSR count). The fourth-order valence-electron chi connectivity index (χ4n) is 1.99. The van der Waals surface area contributed by atoms with Crippen molar-refractivity contribution in [1.29, 1.82) is 0 Å². The largest absolute Gasteiger partial charge is 0.496 e. The van der Waals surface area contributed by atoms with Gasteiger partial charge >= 0.3 is 5.97 Å². The number of aliphatic carboxylic acids is 1. The summed E-state index contributed by atoms with van der Waals surface area (Å²) in [4.78, 5) is 10.6. The summed E-state index contributed by atoms with van der Waals surface area (Å²) in [5.74, 6) is 0.807. The van der Waals surface area contributed by atoms with Crippen molar-refractivity contribution < 1.29 is 19.4 Å². The standard InChI is InChI=1S/C13H16N4O4/c1-20-9-5-3-6-10(21-2)12(9)13-14-15-16-17(13)8-4-7-11(18)19/h3,5-6H,4,7-8H2,1-2H3,(H,18,19). The molecule has 2 aromatic rings. The Labute approximate surface area is 121 Å². The number of ether oxygens (including phenoxy) is 2. The van der Waals surface area contributed by atoms with Crippen LogP contribution in [0.15, 0.2) is 18.2 Å². The molecule has 0 saturated heterocycles. The zero-order valence-electron chi connectivity index (χ0n) is 11.8. The van der Waals surface area contributed by atoms with Gasteiger partial charge in [-0.1, -0.05) is 6.07 Å². The molecular formula is C13H16N4O4. The second kappa shape index (κ2) is 6.69. The quantitative estimate of drug-likeness (QED) is 0.819.